The van der Waals surface area contributed by atoms with Gasteiger partial charge in [0.25, 0.3) is 0 Å². The molecule has 1 atom stereocenters. The van der Waals surface area contributed by atoms with Crippen LogP contribution in [0.4, 0.5) is 4.79 Å². The summed E-state index contributed by atoms with van der Waals surface area (Å²) >= 11 is 1.69. The maximum Gasteiger partial charge on any atom is 0.411 e. The van der Waals surface area contributed by atoms with Crippen LogP contribution in [0.2, 0.25) is 0 Å². The number of amides is 1. The van der Waals surface area contributed by atoms with Crippen LogP contribution in [0.3, 0.4) is 0 Å². The Morgan fingerprint density at radius 2 is 2.41 bits per heavy atom. The van der Waals surface area contributed by atoms with E-state index in [1.165, 1.54) is 0 Å². The van der Waals surface area contributed by atoms with E-state index in [4.69, 9.17) is 4.74 Å². The Kier molecular flexibility index (Phi) is 3.33. The van der Waals surface area contributed by atoms with E-state index in [0.717, 1.165) is 11.6 Å². The molecule has 1 unspecified atom stereocenters. The Bertz CT molecular complexity index is 386. The van der Waals surface area contributed by atoms with E-state index in [-0.39, 0.29) is 11.5 Å². The van der Waals surface area contributed by atoms with Gasteiger partial charge >= 0.3 is 6.09 Å². The predicted octanol–water partition coefficient (Wildman–Crippen LogP) is 2.39. The number of aromatic amines is 1. The molecule has 2 rings (SSSR count). The smallest absolute Gasteiger partial charge is 0.411 e. The van der Waals surface area contributed by atoms with E-state index >= 15 is 0 Å². The summed E-state index contributed by atoms with van der Waals surface area (Å²) in [6, 6.07) is 0. The Labute approximate surface area is 105 Å². The predicted molar refractivity (Wildman–Crippen MR) is 66.7 cm³/mol. The molecule has 1 amide bonds. The number of H-pyrrole nitrogens is 1. The van der Waals surface area contributed by atoms with Crippen molar-refractivity contribution in [2.75, 3.05) is 12.3 Å². The summed E-state index contributed by atoms with van der Waals surface area (Å²) in [6.45, 7) is 6.31. The quantitative estimate of drug-likeness (QED) is 0.837. The lowest BCUT2D eigenvalue weighted by molar-refractivity contribution is 0.0249. The number of aromatic nitrogens is 2. The molecular formula is C11H17N3O2S. The molecule has 17 heavy (non-hydrogen) atoms. The highest BCUT2D eigenvalue weighted by Gasteiger charge is 2.34. The molecular weight excluding hydrogens is 238 g/mol. The molecule has 0 aliphatic carbocycles. The van der Waals surface area contributed by atoms with Gasteiger partial charge in [0.15, 0.2) is 0 Å². The van der Waals surface area contributed by atoms with Gasteiger partial charge in [0.05, 0.1) is 0 Å². The number of nitrogens with one attached hydrogen (secondary N) is 1. The van der Waals surface area contributed by atoms with Crippen molar-refractivity contribution in [2.45, 2.75) is 31.7 Å². The molecule has 0 aromatic carbocycles. The summed E-state index contributed by atoms with van der Waals surface area (Å²) in [4.78, 5) is 21.0. The largest absolute Gasteiger partial charge is 0.444 e. The molecule has 0 radical (unpaired) electrons. The second-order valence-corrected chi connectivity index (χ2v) is 6.06. The number of hydrogen-bond donors (Lipinski definition) is 1. The molecule has 2 heterocycles. The van der Waals surface area contributed by atoms with E-state index in [9.17, 15) is 4.79 Å². The lowest BCUT2D eigenvalue weighted by Gasteiger charge is -2.27. The van der Waals surface area contributed by atoms with Crippen LogP contribution in [-0.2, 0) is 4.74 Å². The maximum atomic E-state index is 12.0. The van der Waals surface area contributed by atoms with Crippen molar-refractivity contribution in [3.8, 4) is 0 Å². The zero-order valence-electron chi connectivity index (χ0n) is 10.3. The molecule has 1 aliphatic heterocycles. The zero-order valence-corrected chi connectivity index (χ0v) is 11.1. The van der Waals surface area contributed by atoms with Gasteiger partial charge in [-0.1, -0.05) is 0 Å². The van der Waals surface area contributed by atoms with Gasteiger partial charge in [-0.05, 0) is 20.8 Å². The van der Waals surface area contributed by atoms with Crippen molar-refractivity contribution in [1.82, 2.24) is 14.9 Å². The number of imidazole rings is 1. The normalized spacial score (nSPS) is 20.6. The highest BCUT2D eigenvalue weighted by Crippen LogP contribution is 2.36. The van der Waals surface area contributed by atoms with Gasteiger partial charge in [0, 0.05) is 24.7 Å². The molecule has 6 heteroatoms. The van der Waals surface area contributed by atoms with Crippen molar-refractivity contribution in [3.05, 3.63) is 18.2 Å². The number of hydrogen-bond acceptors (Lipinski definition) is 4. The van der Waals surface area contributed by atoms with Crippen molar-refractivity contribution < 1.29 is 9.53 Å². The SMILES string of the molecule is CC(C)(C)OC(=O)N1CCSC1c1ncc[nH]1. The highest BCUT2D eigenvalue weighted by atomic mass is 32.2. The third kappa shape index (κ3) is 2.94. The first-order chi connectivity index (χ1) is 7.97. The summed E-state index contributed by atoms with van der Waals surface area (Å²) in [7, 11) is 0. The standard InChI is InChI=1S/C11H17N3O2S/c1-11(2,3)16-10(15)14-6-7-17-9(14)8-12-4-5-13-8/h4-5,9H,6-7H2,1-3H3,(H,12,13). The Balaban J connectivity index is 2.07. The van der Waals surface area contributed by atoms with Gasteiger partial charge in [-0.25, -0.2) is 9.78 Å². The summed E-state index contributed by atoms with van der Waals surface area (Å²) in [5.74, 6) is 1.71. The van der Waals surface area contributed by atoms with Crippen LogP contribution in [-0.4, -0.2) is 38.9 Å². The highest BCUT2D eigenvalue weighted by molar-refractivity contribution is 7.99. The van der Waals surface area contributed by atoms with Gasteiger partial charge < -0.3 is 9.72 Å². The average molecular weight is 255 g/mol. The summed E-state index contributed by atoms with van der Waals surface area (Å²) in [5, 5.41) is -0.0557. The Morgan fingerprint density at radius 3 is 3.00 bits per heavy atom. The van der Waals surface area contributed by atoms with Gasteiger partial charge in [-0.15, -0.1) is 11.8 Å². The van der Waals surface area contributed by atoms with E-state index < -0.39 is 5.60 Å². The minimum Gasteiger partial charge on any atom is -0.444 e. The lowest BCUT2D eigenvalue weighted by atomic mass is 10.2. The number of nitrogens with zero attached hydrogens (tertiary/aromatic N) is 2. The molecule has 94 valence electrons. The molecule has 0 spiro atoms. The number of carbonyl (C=O) groups is 1. The number of rotatable bonds is 1. The third-order valence-electron chi connectivity index (χ3n) is 2.27. The summed E-state index contributed by atoms with van der Waals surface area (Å²) < 4.78 is 5.38. The average Bonchev–Trinajstić information content (AvgIpc) is 2.85. The summed E-state index contributed by atoms with van der Waals surface area (Å²) in [6.07, 6.45) is 3.19. The van der Waals surface area contributed by atoms with E-state index in [2.05, 4.69) is 9.97 Å². The van der Waals surface area contributed by atoms with Crippen molar-refractivity contribution in [2.24, 2.45) is 0 Å². The molecule has 1 saturated heterocycles. The van der Waals surface area contributed by atoms with Crippen molar-refractivity contribution in [3.63, 3.8) is 0 Å². The van der Waals surface area contributed by atoms with Gasteiger partial charge in [-0.3, -0.25) is 4.90 Å². The monoisotopic (exact) mass is 255 g/mol. The third-order valence-corrected chi connectivity index (χ3v) is 3.48. The van der Waals surface area contributed by atoms with Gasteiger partial charge in [0.1, 0.15) is 16.8 Å². The topological polar surface area (TPSA) is 58.2 Å². The number of thioether (sulfide) groups is 1. The van der Waals surface area contributed by atoms with Crippen LogP contribution < -0.4 is 0 Å². The van der Waals surface area contributed by atoms with Crippen molar-refractivity contribution in [1.29, 1.82) is 0 Å². The van der Waals surface area contributed by atoms with Gasteiger partial charge in [0.2, 0.25) is 0 Å². The number of ether oxygens (including phenoxy) is 1. The second kappa shape index (κ2) is 4.60. The van der Waals surface area contributed by atoms with E-state index in [0.29, 0.717) is 6.54 Å². The first kappa shape index (κ1) is 12.3. The molecule has 0 saturated carbocycles. The first-order valence-corrected chi connectivity index (χ1v) is 6.63. The van der Waals surface area contributed by atoms with Crippen LogP contribution in [0, 0.1) is 0 Å². The van der Waals surface area contributed by atoms with E-state index in [1.807, 2.05) is 20.8 Å². The Morgan fingerprint density at radius 1 is 1.65 bits per heavy atom. The fraction of sp³-hybridized carbons (Fsp3) is 0.636. The second-order valence-electron chi connectivity index (χ2n) is 4.87. The fourth-order valence-electron chi connectivity index (χ4n) is 1.62. The summed E-state index contributed by atoms with van der Waals surface area (Å²) in [5.41, 5.74) is -0.460. The molecule has 0 bridgehead atoms. The van der Waals surface area contributed by atoms with Crippen LogP contribution in [0.15, 0.2) is 12.4 Å². The molecule has 1 aliphatic rings. The minimum atomic E-state index is -0.460. The molecule has 1 fully saturated rings. The van der Waals surface area contributed by atoms with E-state index in [1.54, 1.807) is 29.1 Å². The van der Waals surface area contributed by atoms with Crippen molar-refractivity contribution >= 4 is 17.9 Å². The first-order valence-electron chi connectivity index (χ1n) is 5.58. The zero-order chi connectivity index (χ0) is 12.5. The van der Waals surface area contributed by atoms with Crippen LogP contribution in [0.1, 0.15) is 32.0 Å². The Hall–Kier alpha value is -1.17. The number of carbonyl (C=O) groups excluding carboxylic acids is 1. The molecule has 1 aromatic rings. The van der Waals surface area contributed by atoms with Crippen LogP contribution in [0.25, 0.3) is 0 Å². The van der Waals surface area contributed by atoms with Crippen LogP contribution in [0.5, 0.6) is 0 Å². The maximum absolute atomic E-state index is 12.0. The minimum absolute atomic E-state index is 0.0557. The molecule has 1 aromatic heterocycles. The molecule has 1 N–H and O–H groups in total. The lowest BCUT2D eigenvalue weighted by Crippen LogP contribution is -2.36. The van der Waals surface area contributed by atoms with Gasteiger partial charge in [-0.2, -0.15) is 0 Å². The van der Waals surface area contributed by atoms with Crippen LogP contribution >= 0.6 is 11.8 Å². The fourth-order valence-corrected chi connectivity index (χ4v) is 2.80. The molecule has 5 nitrogen and oxygen atoms in total.